The Morgan fingerprint density at radius 1 is 1.39 bits per heavy atom. The Morgan fingerprint density at radius 2 is 2.11 bits per heavy atom. The standard InChI is InChI=1S/C12H16N2O3S/c1-9(6-7-15)8-13-12-10-4-2-3-5-11(10)18(16,17)14-12/h2-5,9,15H,6-8H2,1H3,(H,13,14). The molecule has 0 saturated carbocycles. The highest BCUT2D eigenvalue weighted by atomic mass is 32.2. The van der Waals surface area contributed by atoms with Crippen molar-refractivity contribution in [2.24, 2.45) is 10.9 Å². The minimum atomic E-state index is -3.45. The van der Waals surface area contributed by atoms with Gasteiger partial charge in [-0.2, -0.15) is 0 Å². The lowest BCUT2D eigenvalue weighted by Gasteiger charge is -2.06. The van der Waals surface area contributed by atoms with Crippen LogP contribution in [-0.4, -0.2) is 32.5 Å². The van der Waals surface area contributed by atoms with Crippen molar-refractivity contribution in [2.45, 2.75) is 18.2 Å². The number of nitrogens with zero attached hydrogens (tertiary/aromatic N) is 1. The summed E-state index contributed by atoms with van der Waals surface area (Å²) in [6.45, 7) is 2.58. The van der Waals surface area contributed by atoms with Crippen LogP contribution in [0.5, 0.6) is 0 Å². The number of aliphatic hydroxyl groups excluding tert-OH is 1. The van der Waals surface area contributed by atoms with Gasteiger partial charge in [0.2, 0.25) is 0 Å². The predicted molar refractivity (Wildman–Crippen MR) is 69.0 cm³/mol. The number of amidine groups is 1. The summed E-state index contributed by atoms with van der Waals surface area (Å²) in [5.74, 6) is 0.621. The molecule has 2 N–H and O–H groups in total. The molecule has 1 unspecified atom stereocenters. The van der Waals surface area contributed by atoms with Crippen molar-refractivity contribution < 1.29 is 13.5 Å². The van der Waals surface area contributed by atoms with Gasteiger partial charge in [0.1, 0.15) is 5.84 Å². The Kier molecular flexibility index (Phi) is 3.68. The van der Waals surface area contributed by atoms with Crippen LogP contribution in [0.3, 0.4) is 0 Å². The van der Waals surface area contributed by atoms with Crippen LogP contribution in [0, 0.1) is 5.92 Å². The molecule has 0 spiro atoms. The minimum Gasteiger partial charge on any atom is -0.396 e. The Hall–Kier alpha value is -1.40. The van der Waals surface area contributed by atoms with E-state index in [1.807, 2.05) is 6.92 Å². The molecule has 1 atom stereocenters. The monoisotopic (exact) mass is 268 g/mol. The van der Waals surface area contributed by atoms with Crippen LogP contribution < -0.4 is 4.72 Å². The third kappa shape index (κ3) is 2.54. The molecule has 1 aromatic rings. The number of hydrogen-bond acceptors (Lipinski definition) is 4. The Balaban J connectivity index is 2.25. The van der Waals surface area contributed by atoms with E-state index in [4.69, 9.17) is 5.11 Å². The SMILES string of the molecule is CC(CCO)CN=C1NS(=O)(=O)c2ccccc21. The van der Waals surface area contributed by atoms with Gasteiger partial charge in [-0.3, -0.25) is 9.71 Å². The highest BCUT2D eigenvalue weighted by Crippen LogP contribution is 2.22. The molecule has 0 amide bonds. The minimum absolute atomic E-state index is 0.119. The third-order valence-electron chi connectivity index (χ3n) is 2.85. The molecular weight excluding hydrogens is 252 g/mol. The zero-order valence-electron chi connectivity index (χ0n) is 10.1. The second kappa shape index (κ2) is 5.07. The fourth-order valence-corrected chi connectivity index (χ4v) is 3.06. The van der Waals surface area contributed by atoms with E-state index in [1.54, 1.807) is 24.3 Å². The van der Waals surface area contributed by atoms with Crippen LogP contribution in [0.15, 0.2) is 34.2 Å². The number of aliphatic hydroxyl groups is 1. The van der Waals surface area contributed by atoms with Gasteiger partial charge >= 0.3 is 0 Å². The lowest BCUT2D eigenvalue weighted by Crippen LogP contribution is -2.23. The molecule has 2 rings (SSSR count). The largest absolute Gasteiger partial charge is 0.396 e. The molecule has 0 saturated heterocycles. The molecule has 0 fully saturated rings. The fraction of sp³-hybridized carbons (Fsp3) is 0.417. The van der Waals surface area contributed by atoms with E-state index in [-0.39, 0.29) is 17.4 Å². The number of hydrogen-bond donors (Lipinski definition) is 2. The van der Waals surface area contributed by atoms with Crippen LogP contribution >= 0.6 is 0 Å². The summed E-state index contributed by atoms with van der Waals surface area (Å²) in [6, 6.07) is 6.78. The van der Waals surface area contributed by atoms with E-state index in [0.717, 1.165) is 0 Å². The van der Waals surface area contributed by atoms with E-state index < -0.39 is 10.0 Å². The molecule has 18 heavy (non-hydrogen) atoms. The smallest absolute Gasteiger partial charge is 0.263 e. The first-order valence-electron chi connectivity index (χ1n) is 5.82. The molecule has 1 heterocycles. The fourth-order valence-electron chi connectivity index (χ4n) is 1.81. The highest BCUT2D eigenvalue weighted by Gasteiger charge is 2.29. The summed E-state index contributed by atoms with van der Waals surface area (Å²) in [5, 5.41) is 8.81. The van der Waals surface area contributed by atoms with Crippen LogP contribution in [0.25, 0.3) is 0 Å². The Labute approximate surface area is 107 Å². The van der Waals surface area contributed by atoms with Crippen molar-refractivity contribution in [3.05, 3.63) is 29.8 Å². The topological polar surface area (TPSA) is 78.8 Å². The maximum absolute atomic E-state index is 11.8. The van der Waals surface area contributed by atoms with E-state index in [9.17, 15) is 8.42 Å². The van der Waals surface area contributed by atoms with Gasteiger partial charge in [0, 0.05) is 18.7 Å². The van der Waals surface area contributed by atoms with Crippen molar-refractivity contribution in [1.29, 1.82) is 0 Å². The van der Waals surface area contributed by atoms with E-state index in [2.05, 4.69) is 9.71 Å². The van der Waals surface area contributed by atoms with E-state index in [1.165, 1.54) is 0 Å². The quantitative estimate of drug-likeness (QED) is 0.845. The van der Waals surface area contributed by atoms with Gasteiger partial charge in [-0.05, 0) is 24.5 Å². The van der Waals surface area contributed by atoms with E-state index >= 15 is 0 Å². The normalized spacial score (nSPS) is 20.4. The zero-order valence-corrected chi connectivity index (χ0v) is 10.9. The molecular formula is C12H16N2O3S. The van der Waals surface area contributed by atoms with Gasteiger partial charge in [-0.25, -0.2) is 8.42 Å². The maximum atomic E-state index is 11.8. The van der Waals surface area contributed by atoms with Gasteiger partial charge < -0.3 is 5.11 Å². The molecule has 6 heteroatoms. The van der Waals surface area contributed by atoms with Crippen LogP contribution in [-0.2, 0) is 10.0 Å². The Morgan fingerprint density at radius 3 is 2.83 bits per heavy atom. The van der Waals surface area contributed by atoms with Crippen molar-refractivity contribution in [3.8, 4) is 0 Å². The lowest BCUT2D eigenvalue weighted by molar-refractivity contribution is 0.264. The molecule has 1 aromatic carbocycles. The van der Waals surface area contributed by atoms with Gasteiger partial charge in [-0.15, -0.1) is 0 Å². The summed E-state index contributed by atoms with van der Waals surface area (Å²) < 4.78 is 26.1. The molecule has 0 radical (unpaired) electrons. The molecule has 0 bridgehead atoms. The summed E-state index contributed by atoms with van der Waals surface area (Å²) in [5.41, 5.74) is 0.619. The number of rotatable bonds is 4. The Bertz CT molecular complexity index is 566. The number of nitrogens with one attached hydrogen (secondary N) is 1. The van der Waals surface area contributed by atoms with Gasteiger partial charge in [0.05, 0.1) is 4.90 Å². The number of benzene rings is 1. The molecule has 0 aromatic heterocycles. The number of aliphatic imine (C=N–C) groups is 1. The summed E-state index contributed by atoms with van der Waals surface area (Å²) in [4.78, 5) is 4.57. The van der Waals surface area contributed by atoms with Crippen LogP contribution in [0.4, 0.5) is 0 Å². The molecule has 98 valence electrons. The second-order valence-corrected chi connectivity index (χ2v) is 6.06. The zero-order chi connectivity index (χ0) is 13.2. The maximum Gasteiger partial charge on any atom is 0.263 e. The molecule has 1 aliphatic heterocycles. The second-order valence-electron chi connectivity index (χ2n) is 4.41. The van der Waals surface area contributed by atoms with Crippen molar-refractivity contribution in [1.82, 2.24) is 4.72 Å². The van der Waals surface area contributed by atoms with Gasteiger partial charge in [0.25, 0.3) is 10.0 Å². The third-order valence-corrected chi connectivity index (χ3v) is 4.24. The first kappa shape index (κ1) is 13.0. The molecule has 5 nitrogen and oxygen atoms in total. The van der Waals surface area contributed by atoms with Gasteiger partial charge in [0.15, 0.2) is 0 Å². The average molecular weight is 268 g/mol. The van der Waals surface area contributed by atoms with E-state index in [0.29, 0.717) is 24.4 Å². The lowest BCUT2D eigenvalue weighted by atomic mass is 10.1. The van der Waals surface area contributed by atoms with Gasteiger partial charge in [-0.1, -0.05) is 19.1 Å². The molecule has 0 aliphatic carbocycles. The van der Waals surface area contributed by atoms with Crippen molar-refractivity contribution in [3.63, 3.8) is 0 Å². The molecule has 1 aliphatic rings. The highest BCUT2D eigenvalue weighted by molar-refractivity contribution is 7.90. The van der Waals surface area contributed by atoms with Crippen molar-refractivity contribution >= 4 is 15.9 Å². The average Bonchev–Trinajstić information content (AvgIpc) is 2.60. The van der Waals surface area contributed by atoms with Crippen LogP contribution in [0.1, 0.15) is 18.9 Å². The number of fused-ring (bicyclic) bond motifs is 1. The summed E-state index contributed by atoms with van der Waals surface area (Å²) >= 11 is 0. The summed E-state index contributed by atoms with van der Waals surface area (Å²) in [6.07, 6.45) is 0.658. The van der Waals surface area contributed by atoms with Crippen molar-refractivity contribution in [2.75, 3.05) is 13.2 Å². The first-order valence-corrected chi connectivity index (χ1v) is 7.30. The first-order chi connectivity index (χ1) is 8.54. The summed E-state index contributed by atoms with van der Waals surface area (Å²) in [7, 11) is -3.45. The van der Waals surface area contributed by atoms with Crippen LogP contribution in [0.2, 0.25) is 0 Å². The predicted octanol–water partition coefficient (Wildman–Crippen LogP) is 0.744. The number of sulfonamides is 1.